The van der Waals surface area contributed by atoms with Crippen LogP contribution < -0.4 is 10.9 Å². The van der Waals surface area contributed by atoms with E-state index >= 15 is 0 Å². The Morgan fingerprint density at radius 1 is 1.00 bits per heavy atom. The van der Waals surface area contributed by atoms with Gasteiger partial charge in [0.15, 0.2) is 0 Å². The smallest absolute Gasteiger partial charge is 0.295 e. The molecule has 0 fully saturated rings. The average Bonchev–Trinajstić information content (AvgIpc) is 3.17. The fourth-order valence-corrected chi connectivity index (χ4v) is 4.05. The zero-order valence-electron chi connectivity index (χ0n) is 18.4. The Morgan fingerprint density at radius 3 is 2.34 bits per heavy atom. The molecule has 0 saturated heterocycles. The molecular weight excluding hydrogens is 426 g/mol. The lowest BCUT2D eigenvalue weighted by Crippen LogP contribution is -2.23. The number of nitrogens with one attached hydrogen (secondary N) is 1. The maximum Gasteiger partial charge on any atom is 0.295 e. The van der Waals surface area contributed by atoms with Crippen molar-refractivity contribution in [3.8, 4) is 5.69 Å². The number of carbonyl (C=O) groups excluding carboxylic acids is 1. The van der Waals surface area contributed by atoms with Crippen LogP contribution in [0.1, 0.15) is 33.0 Å². The van der Waals surface area contributed by atoms with E-state index in [9.17, 15) is 9.59 Å². The van der Waals surface area contributed by atoms with Crippen LogP contribution in [0, 0.1) is 20.8 Å². The van der Waals surface area contributed by atoms with E-state index in [1.807, 2.05) is 61.5 Å². The van der Waals surface area contributed by atoms with Gasteiger partial charge in [0.2, 0.25) is 0 Å². The van der Waals surface area contributed by atoms with Gasteiger partial charge in [0, 0.05) is 17.8 Å². The van der Waals surface area contributed by atoms with Crippen molar-refractivity contribution in [2.45, 2.75) is 27.3 Å². The minimum absolute atomic E-state index is 0.249. The summed E-state index contributed by atoms with van der Waals surface area (Å²) in [4.78, 5) is 26.3. The van der Waals surface area contributed by atoms with Crippen LogP contribution in [0.3, 0.4) is 0 Å². The molecule has 7 nitrogen and oxygen atoms in total. The van der Waals surface area contributed by atoms with Gasteiger partial charge in [-0.25, -0.2) is 4.68 Å². The maximum atomic E-state index is 13.2. The number of hydrogen-bond acceptors (Lipinski definition) is 3. The number of halogens is 1. The molecule has 1 amide bonds. The van der Waals surface area contributed by atoms with E-state index in [-0.39, 0.29) is 17.2 Å². The molecule has 164 valence electrons. The molecule has 0 atom stereocenters. The number of carbonyl (C=O) groups is 1. The summed E-state index contributed by atoms with van der Waals surface area (Å²) in [6, 6.07) is 16.8. The number of hydrogen-bond donors (Lipinski definition) is 1. The second-order valence-electron chi connectivity index (χ2n) is 7.69. The molecule has 2 heterocycles. The molecular formula is C24H24ClN5O2. The molecule has 32 heavy (non-hydrogen) atoms. The van der Waals surface area contributed by atoms with Gasteiger partial charge < -0.3 is 5.32 Å². The fraction of sp³-hybridized carbons (Fsp3) is 0.208. The highest BCUT2D eigenvalue weighted by Gasteiger charge is 2.23. The first-order valence-corrected chi connectivity index (χ1v) is 10.6. The van der Waals surface area contributed by atoms with Crippen LogP contribution in [0.15, 0.2) is 59.4 Å². The average molecular weight is 450 g/mol. The first-order valence-electron chi connectivity index (χ1n) is 10.2. The predicted octanol–water partition coefficient (Wildman–Crippen LogP) is 4.25. The molecule has 0 aliphatic heterocycles. The van der Waals surface area contributed by atoms with Gasteiger partial charge in [-0.15, -0.1) is 0 Å². The lowest BCUT2D eigenvalue weighted by molar-refractivity contribution is 0.102. The van der Waals surface area contributed by atoms with Crippen molar-refractivity contribution in [1.82, 2.24) is 19.1 Å². The fourth-order valence-electron chi connectivity index (χ4n) is 3.86. The van der Waals surface area contributed by atoms with Crippen molar-refractivity contribution < 1.29 is 4.79 Å². The monoisotopic (exact) mass is 449 g/mol. The van der Waals surface area contributed by atoms with Crippen molar-refractivity contribution >= 4 is 23.2 Å². The Bertz CT molecular complexity index is 1370. The zero-order chi connectivity index (χ0) is 23.0. The molecule has 2 aromatic carbocycles. The molecule has 0 saturated carbocycles. The van der Waals surface area contributed by atoms with Crippen LogP contribution in [-0.4, -0.2) is 25.1 Å². The van der Waals surface area contributed by atoms with Crippen molar-refractivity contribution in [2.24, 2.45) is 7.05 Å². The minimum Gasteiger partial charge on any atom is -0.316 e. The Morgan fingerprint density at radius 2 is 1.66 bits per heavy atom. The van der Waals surface area contributed by atoms with E-state index in [1.165, 1.54) is 4.68 Å². The summed E-state index contributed by atoms with van der Waals surface area (Å²) in [6.45, 7) is 5.87. The van der Waals surface area contributed by atoms with Crippen LogP contribution in [0.25, 0.3) is 5.69 Å². The standard InChI is InChI=1S/C24H24ClN5O2/c1-15-21(16(2)29(27-15)14-18-10-8-9-13-20(18)25)23(31)26-22-17(3)28(4)30(24(22)32)19-11-6-5-7-12-19/h5-13H,14H2,1-4H3,(H,26,31). The first-order chi connectivity index (χ1) is 15.3. The molecule has 4 rings (SSSR count). The number of amides is 1. The van der Waals surface area contributed by atoms with E-state index in [4.69, 9.17) is 11.6 Å². The van der Waals surface area contributed by atoms with Crippen molar-refractivity contribution in [3.63, 3.8) is 0 Å². The summed E-state index contributed by atoms with van der Waals surface area (Å²) in [6.07, 6.45) is 0. The number of nitrogens with zero attached hydrogens (tertiary/aromatic N) is 4. The van der Waals surface area contributed by atoms with Gasteiger partial charge in [0.25, 0.3) is 11.5 Å². The third kappa shape index (κ3) is 3.76. The molecule has 0 radical (unpaired) electrons. The zero-order valence-corrected chi connectivity index (χ0v) is 19.1. The van der Waals surface area contributed by atoms with E-state index in [1.54, 1.807) is 30.3 Å². The lowest BCUT2D eigenvalue weighted by Gasteiger charge is -2.08. The lowest BCUT2D eigenvalue weighted by atomic mass is 10.1. The molecule has 8 heteroatoms. The third-order valence-electron chi connectivity index (χ3n) is 5.68. The summed E-state index contributed by atoms with van der Waals surface area (Å²) in [5, 5.41) is 8.00. The van der Waals surface area contributed by atoms with Gasteiger partial charge in [0.1, 0.15) is 5.69 Å². The van der Waals surface area contributed by atoms with E-state index in [0.717, 1.165) is 11.3 Å². The summed E-state index contributed by atoms with van der Waals surface area (Å²) in [5.74, 6) is -0.364. The number of rotatable bonds is 5. The normalized spacial score (nSPS) is 11.0. The summed E-state index contributed by atoms with van der Waals surface area (Å²) in [7, 11) is 1.79. The van der Waals surface area contributed by atoms with Gasteiger partial charge in [-0.1, -0.05) is 48.0 Å². The topological polar surface area (TPSA) is 73.8 Å². The van der Waals surface area contributed by atoms with Crippen LogP contribution in [0.5, 0.6) is 0 Å². The summed E-state index contributed by atoms with van der Waals surface area (Å²) in [5.41, 5.74) is 4.00. The van der Waals surface area contributed by atoms with Gasteiger partial charge >= 0.3 is 0 Å². The summed E-state index contributed by atoms with van der Waals surface area (Å²) < 4.78 is 5.02. The van der Waals surface area contributed by atoms with Crippen molar-refractivity contribution in [3.05, 3.63) is 98.2 Å². The maximum absolute atomic E-state index is 13.2. The Kier molecular flexibility index (Phi) is 5.76. The second kappa shape index (κ2) is 8.51. The van der Waals surface area contributed by atoms with E-state index in [2.05, 4.69) is 10.4 Å². The molecule has 0 spiro atoms. The third-order valence-corrected chi connectivity index (χ3v) is 6.05. The Labute approximate surface area is 190 Å². The van der Waals surface area contributed by atoms with E-state index < -0.39 is 0 Å². The molecule has 0 bridgehead atoms. The van der Waals surface area contributed by atoms with Gasteiger partial charge in [0.05, 0.1) is 29.2 Å². The van der Waals surface area contributed by atoms with Gasteiger partial charge in [-0.2, -0.15) is 5.10 Å². The van der Waals surface area contributed by atoms with Crippen LogP contribution in [0.4, 0.5) is 5.69 Å². The number of aromatic nitrogens is 4. The SMILES string of the molecule is Cc1nn(Cc2ccccc2Cl)c(C)c1C(=O)Nc1c(C)n(C)n(-c2ccccc2)c1=O. The molecule has 1 N–H and O–H groups in total. The van der Waals surface area contributed by atoms with Crippen molar-refractivity contribution in [2.75, 3.05) is 5.32 Å². The largest absolute Gasteiger partial charge is 0.316 e. The van der Waals surface area contributed by atoms with Crippen LogP contribution >= 0.6 is 11.6 Å². The number of aryl methyl sites for hydroxylation is 1. The summed E-state index contributed by atoms with van der Waals surface area (Å²) >= 11 is 6.29. The van der Waals surface area contributed by atoms with Crippen LogP contribution in [0.2, 0.25) is 5.02 Å². The molecule has 0 aliphatic rings. The molecule has 4 aromatic rings. The highest BCUT2D eigenvalue weighted by Crippen LogP contribution is 2.21. The molecule has 2 aromatic heterocycles. The first kappa shape index (κ1) is 21.6. The molecule has 0 aliphatic carbocycles. The molecule has 0 unspecified atom stereocenters. The highest BCUT2D eigenvalue weighted by atomic mass is 35.5. The van der Waals surface area contributed by atoms with Gasteiger partial charge in [-0.05, 0) is 44.5 Å². The Balaban J connectivity index is 1.67. The van der Waals surface area contributed by atoms with Crippen molar-refractivity contribution in [1.29, 1.82) is 0 Å². The quantitative estimate of drug-likeness (QED) is 0.495. The Hall–Kier alpha value is -3.58. The number of para-hydroxylation sites is 1. The highest BCUT2D eigenvalue weighted by molar-refractivity contribution is 6.31. The van der Waals surface area contributed by atoms with E-state index in [0.29, 0.717) is 34.2 Å². The van der Waals surface area contributed by atoms with Gasteiger partial charge in [-0.3, -0.25) is 19.0 Å². The number of anilines is 1. The second-order valence-corrected chi connectivity index (χ2v) is 8.09. The number of benzene rings is 2. The minimum atomic E-state index is -0.364. The predicted molar refractivity (Wildman–Crippen MR) is 126 cm³/mol. The van der Waals surface area contributed by atoms with Crippen LogP contribution in [-0.2, 0) is 13.6 Å².